The molecular formula is C32H39ClN6O3. The van der Waals surface area contributed by atoms with Crippen LogP contribution in [-0.4, -0.2) is 79.2 Å². The highest BCUT2D eigenvalue weighted by Gasteiger charge is 2.28. The zero-order valence-corrected chi connectivity index (χ0v) is 25.0. The van der Waals surface area contributed by atoms with E-state index in [-0.39, 0.29) is 24.1 Å². The minimum absolute atomic E-state index is 0.105. The van der Waals surface area contributed by atoms with E-state index >= 15 is 0 Å². The maximum absolute atomic E-state index is 13.2. The number of rotatable bonds is 7. The number of carbonyl (C=O) groups excluding carboxylic acids is 2. The van der Waals surface area contributed by atoms with E-state index in [0.717, 1.165) is 79.9 Å². The number of aromatic nitrogens is 1. The van der Waals surface area contributed by atoms with Crippen molar-refractivity contribution in [2.75, 3.05) is 50.6 Å². The number of hydrogen-bond donors (Lipinski definition) is 2. The Labute approximate surface area is 252 Å². The summed E-state index contributed by atoms with van der Waals surface area (Å²) >= 11 is 5.94. The maximum atomic E-state index is 13.2. The van der Waals surface area contributed by atoms with Crippen LogP contribution in [-0.2, 0) is 11.3 Å². The predicted octanol–water partition coefficient (Wildman–Crippen LogP) is 5.24. The Kier molecular flexibility index (Phi) is 9.62. The molecule has 2 fully saturated rings. The lowest BCUT2D eigenvalue weighted by Crippen LogP contribution is -2.44. The van der Waals surface area contributed by atoms with Gasteiger partial charge in [-0.1, -0.05) is 35.9 Å². The van der Waals surface area contributed by atoms with Crippen LogP contribution in [0.25, 0.3) is 11.1 Å². The number of hydrogen-bond acceptors (Lipinski definition) is 7. The number of halogens is 1. The molecule has 3 N–H and O–H groups in total. The number of pyridine rings is 1. The summed E-state index contributed by atoms with van der Waals surface area (Å²) in [7, 11) is 3.55. The molecule has 9 nitrogen and oxygen atoms in total. The molecule has 2 aromatic carbocycles. The molecule has 222 valence electrons. The van der Waals surface area contributed by atoms with Gasteiger partial charge in [0.25, 0.3) is 5.91 Å². The highest BCUT2D eigenvalue weighted by atomic mass is 35.5. The molecule has 1 aromatic heterocycles. The number of ether oxygens (including phenoxy) is 1. The number of piperazine rings is 1. The lowest BCUT2D eigenvalue weighted by molar-refractivity contribution is 0.0879. The van der Waals surface area contributed by atoms with Crippen molar-refractivity contribution in [1.29, 1.82) is 0 Å². The molecule has 5 rings (SSSR count). The normalized spacial score (nSPS) is 19.3. The summed E-state index contributed by atoms with van der Waals surface area (Å²) < 4.78 is 5.15. The van der Waals surface area contributed by atoms with E-state index in [9.17, 15) is 9.59 Å². The van der Waals surface area contributed by atoms with Crippen LogP contribution in [0.3, 0.4) is 0 Å². The number of nitrogens with zero attached hydrogens (tertiary/aromatic N) is 4. The van der Waals surface area contributed by atoms with E-state index in [4.69, 9.17) is 22.1 Å². The highest BCUT2D eigenvalue weighted by molar-refractivity contribution is 6.29. The van der Waals surface area contributed by atoms with E-state index in [1.165, 1.54) is 13.3 Å². The van der Waals surface area contributed by atoms with Crippen LogP contribution in [0.5, 0.6) is 0 Å². The van der Waals surface area contributed by atoms with E-state index in [1.807, 2.05) is 29.2 Å². The van der Waals surface area contributed by atoms with Crippen LogP contribution in [0.1, 0.15) is 41.6 Å². The summed E-state index contributed by atoms with van der Waals surface area (Å²) in [6, 6.07) is 18.0. The summed E-state index contributed by atoms with van der Waals surface area (Å²) in [6.07, 6.45) is 4.70. The maximum Gasteiger partial charge on any atom is 0.410 e. The topological polar surface area (TPSA) is 104 Å². The van der Waals surface area contributed by atoms with Gasteiger partial charge in [0, 0.05) is 51.0 Å². The Bertz CT molecular complexity index is 1390. The third-order valence-electron chi connectivity index (χ3n) is 8.28. The molecule has 1 aliphatic heterocycles. The van der Waals surface area contributed by atoms with Crippen LogP contribution < -0.4 is 16.0 Å². The molecule has 0 unspecified atom stereocenters. The Hall–Kier alpha value is -3.66. The molecule has 2 amide bonds. The van der Waals surface area contributed by atoms with Gasteiger partial charge in [0.05, 0.1) is 24.0 Å². The van der Waals surface area contributed by atoms with E-state index < -0.39 is 0 Å². The van der Waals surface area contributed by atoms with Crippen molar-refractivity contribution in [3.63, 3.8) is 0 Å². The van der Waals surface area contributed by atoms with Crippen molar-refractivity contribution in [3.8, 4) is 11.1 Å². The Morgan fingerprint density at radius 2 is 1.76 bits per heavy atom. The summed E-state index contributed by atoms with van der Waals surface area (Å²) in [5.41, 5.74) is 11.2. The number of likely N-dealkylation sites (N-methyl/N-ethyl adjacent to an activating group) is 1. The SMILES string of the molecule is COC(=O)N(Cc1cccc(-c2ccc(N3CCN(C)CC3)c(NC(=O)c3ccc(Cl)nc3)c2)c1)C1CCC(N)CC1. The molecule has 1 saturated carbocycles. The van der Waals surface area contributed by atoms with Crippen molar-refractivity contribution in [2.24, 2.45) is 5.73 Å². The molecule has 0 radical (unpaired) electrons. The van der Waals surface area contributed by atoms with Gasteiger partial charge in [-0.15, -0.1) is 0 Å². The first-order valence-electron chi connectivity index (χ1n) is 14.5. The van der Waals surface area contributed by atoms with E-state index in [0.29, 0.717) is 17.3 Å². The molecule has 0 bridgehead atoms. The summed E-state index contributed by atoms with van der Waals surface area (Å²) in [5.74, 6) is -0.249. The minimum Gasteiger partial charge on any atom is -0.453 e. The average Bonchev–Trinajstić information content (AvgIpc) is 3.01. The zero-order valence-electron chi connectivity index (χ0n) is 24.3. The lowest BCUT2D eigenvalue weighted by Gasteiger charge is -2.35. The molecule has 3 aromatic rings. The highest BCUT2D eigenvalue weighted by Crippen LogP contribution is 2.34. The van der Waals surface area contributed by atoms with Crippen LogP contribution >= 0.6 is 11.6 Å². The second-order valence-electron chi connectivity index (χ2n) is 11.2. The van der Waals surface area contributed by atoms with Crippen LogP contribution in [0.4, 0.5) is 16.2 Å². The Morgan fingerprint density at radius 1 is 1.02 bits per heavy atom. The van der Waals surface area contributed by atoms with Gasteiger partial charge in [0.1, 0.15) is 5.15 Å². The van der Waals surface area contributed by atoms with E-state index in [1.54, 1.807) is 12.1 Å². The van der Waals surface area contributed by atoms with Gasteiger partial charge >= 0.3 is 6.09 Å². The fourth-order valence-electron chi connectivity index (χ4n) is 5.76. The van der Waals surface area contributed by atoms with Crippen molar-refractivity contribution in [2.45, 2.75) is 44.3 Å². The minimum atomic E-state index is -0.320. The lowest BCUT2D eigenvalue weighted by atomic mass is 9.90. The number of carbonyl (C=O) groups is 2. The summed E-state index contributed by atoms with van der Waals surface area (Å²) in [6.45, 7) is 4.08. The summed E-state index contributed by atoms with van der Waals surface area (Å²) in [5, 5.41) is 3.46. The van der Waals surface area contributed by atoms with Crippen molar-refractivity contribution in [3.05, 3.63) is 77.1 Å². The molecule has 0 atom stereocenters. The molecule has 2 aliphatic rings. The number of benzene rings is 2. The largest absolute Gasteiger partial charge is 0.453 e. The van der Waals surface area contributed by atoms with Crippen molar-refractivity contribution in [1.82, 2.24) is 14.8 Å². The fourth-order valence-corrected chi connectivity index (χ4v) is 5.87. The Balaban J connectivity index is 1.42. The Morgan fingerprint density at radius 3 is 2.45 bits per heavy atom. The quantitative estimate of drug-likeness (QED) is 0.362. The molecule has 1 aliphatic carbocycles. The average molecular weight is 591 g/mol. The molecule has 2 heterocycles. The monoisotopic (exact) mass is 590 g/mol. The van der Waals surface area contributed by atoms with Gasteiger partial charge < -0.3 is 30.5 Å². The third kappa shape index (κ3) is 7.21. The second-order valence-corrected chi connectivity index (χ2v) is 11.6. The van der Waals surface area contributed by atoms with Crippen LogP contribution in [0, 0.1) is 0 Å². The first-order chi connectivity index (χ1) is 20.3. The van der Waals surface area contributed by atoms with Gasteiger partial charge in [0.15, 0.2) is 0 Å². The number of methoxy groups -OCH3 is 1. The van der Waals surface area contributed by atoms with Crippen molar-refractivity contribution < 1.29 is 14.3 Å². The number of amides is 2. The van der Waals surface area contributed by atoms with Crippen molar-refractivity contribution >= 4 is 35.0 Å². The zero-order chi connectivity index (χ0) is 29.6. The second kappa shape index (κ2) is 13.5. The molecule has 10 heteroatoms. The predicted molar refractivity (Wildman–Crippen MR) is 167 cm³/mol. The first-order valence-corrected chi connectivity index (χ1v) is 14.9. The molecule has 1 saturated heterocycles. The number of nitrogens with two attached hydrogens (primary N) is 1. The first kappa shape index (κ1) is 29.8. The third-order valence-corrected chi connectivity index (χ3v) is 8.51. The van der Waals surface area contributed by atoms with E-state index in [2.05, 4.69) is 45.3 Å². The van der Waals surface area contributed by atoms with Gasteiger partial charge in [-0.3, -0.25) is 4.79 Å². The molecular weight excluding hydrogens is 552 g/mol. The van der Waals surface area contributed by atoms with Gasteiger partial charge in [-0.2, -0.15) is 0 Å². The molecule has 42 heavy (non-hydrogen) atoms. The standard InChI is InChI=1S/C32H39ClN6O3/c1-37-14-16-38(17-15-37)29-12-6-24(19-28(29)36-31(40)25-7-13-30(33)35-20-25)23-5-3-4-22(18-23)21-39(32(41)42-2)27-10-8-26(34)9-11-27/h3-7,12-13,18-20,26-27H,8-11,14-17,21,34H2,1-2H3,(H,36,40). The van der Waals surface area contributed by atoms with Crippen LogP contribution in [0.2, 0.25) is 5.15 Å². The fraction of sp³-hybridized carbons (Fsp3) is 0.406. The van der Waals surface area contributed by atoms with Gasteiger partial charge in [0.2, 0.25) is 0 Å². The smallest absolute Gasteiger partial charge is 0.410 e. The molecule has 0 spiro atoms. The summed E-state index contributed by atoms with van der Waals surface area (Å²) in [4.78, 5) is 36.5. The number of anilines is 2. The number of nitrogens with one attached hydrogen (secondary N) is 1. The van der Waals surface area contributed by atoms with Gasteiger partial charge in [-0.25, -0.2) is 9.78 Å². The van der Waals surface area contributed by atoms with Crippen LogP contribution in [0.15, 0.2) is 60.8 Å². The van der Waals surface area contributed by atoms with Gasteiger partial charge in [-0.05, 0) is 79.8 Å².